The van der Waals surface area contributed by atoms with Gasteiger partial charge in [-0.3, -0.25) is 4.79 Å². The molecule has 0 aliphatic carbocycles. The normalized spacial score (nSPS) is 10.6. The van der Waals surface area contributed by atoms with Crippen molar-refractivity contribution in [2.45, 2.75) is 0 Å². The number of hydrogen-bond acceptors (Lipinski definition) is 5. The maximum Gasteiger partial charge on any atom is 0.345 e. The number of hydrogen-bond donors (Lipinski definition) is 1. The van der Waals surface area contributed by atoms with Gasteiger partial charge in [0.25, 0.3) is 5.91 Å². The van der Waals surface area contributed by atoms with Crippen LogP contribution in [0.15, 0.2) is 77.9 Å². The summed E-state index contributed by atoms with van der Waals surface area (Å²) in [4.78, 5) is 23.9. The van der Waals surface area contributed by atoms with Gasteiger partial charge in [0.15, 0.2) is 6.61 Å². The van der Waals surface area contributed by atoms with Crippen molar-refractivity contribution < 1.29 is 23.5 Å². The topological polar surface area (TPSA) is 77.0 Å². The molecule has 152 valence electrons. The molecule has 0 unspecified atom stereocenters. The average Bonchev–Trinajstić information content (AvgIpc) is 2.75. The van der Waals surface area contributed by atoms with Crippen LogP contribution in [0.2, 0.25) is 5.02 Å². The number of amides is 1. The highest BCUT2D eigenvalue weighted by Gasteiger charge is 2.11. The van der Waals surface area contributed by atoms with Crippen LogP contribution in [-0.2, 0) is 4.79 Å². The third kappa shape index (κ3) is 6.15. The Bertz CT molecular complexity index is 1050. The second-order valence-electron chi connectivity index (χ2n) is 5.97. The molecular weight excluding hydrogens is 411 g/mol. The number of carbonyl (C=O) groups is 2. The van der Waals surface area contributed by atoms with Crippen LogP contribution in [-0.4, -0.2) is 24.7 Å². The summed E-state index contributed by atoms with van der Waals surface area (Å²) in [6.45, 7) is -0.264. The Hall–Kier alpha value is -3.71. The van der Waals surface area contributed by atoms with Crippen molar-refractivity contribution in [1.82, 2.24) is 5.43 Å². The second-order valence-corrected chi connectivity index (χ2v) is 6.38. The Morgan fingerprint density at radius 3 is 2.33 bits per heavy atom. The van der Waals surface area contributed by atoms with Crippen molar-refractivity contribution >= 4 is 29.7 Å². The number of nitrogens with zero attached hydrogens (tertiary/aromatic N) is 1. The molecule has 0 aliphatic heterocycles. The van der Waals surface area contributed by atoms with Crippen molar-refractivity contribution in [3.63, 3.8) is 0 Å². The predicted molar refractivity (Wildman–Crippen MR) is 110 cm³/mol. The van der Waals surface area contributed by atoms with Gasteiger partial charge in [-0.25, -0.2) is 14.6 Å². The monoisotopic (exact) mass is 426 g/mol. The molecule has 1 N–H and O–H groups in total. The first-order chi connectivity index (χ1) is 14.5. The third-order valence-corrected chi connectivity index (χ3v) is 4.10. The molecule has 0 bridgehead atoms. The van der Waals surface area contributed by atoms with E-state index >= 15 is 0 Å². The van der Waals surface area contributed by atoms with Crippen molar-refractivity contribution in [2.75, 3.05) is 6.61 Å². The molecule has 0 saturated carbocycles. The minimum Gasteiger partial charge on any atom is -0.484 e. The van der Waals surface area contributed by atoms with Gasteiger partial charge in [0.1, 0.15) is 17.3 Å². The van der Waals surface area contributed by atoms with Crippen molar-refractivity contribution in [3.8, 4) is 11.5 Å². The second kappa shape index (κ2) is 10.2. The Labute approximate surface area is 176 Å². The highest BCUT2D eigenvalue weighted by Crippen LogP contribution is 2.19. The Morgan fingerprint density at radius 1 is 0.967 bits per heavy atom. The van der Waals surface area contributed by atoms with Gasteiger partial charge in [0.2, 0.25) is 0 Å². The van der Waals surface area contributed by atoms with Crippen LogP contribution < -0.4 is 14.9 Å². The summed E-state index contributed by atoms with van der Waals surface area (Å²) in [5.74, 6) is -0.705. The standard InChI is InChI=1S/C22H16ClFN2O4/c23-20-4-2-1-3-19(20)22(28)30-18-9-5-15(6-10-18)13-25-26-21(27)14-29-17-11-7-16(24)8-12-17/h1-13H,14H2,(H,26,27)/b25-13-. The van der Waals surface area contributed by atoms with Gasteiger partial charge < -0.3 is 9.47 Å². The Morgan fingerprint density at radius 2 is 1.63 bits per heavy atom. The molecule has 0 aliphatic rings. The molecule has 0 radical (unpaired) electrons. The van der Waals surface area contributed by atoms with E-state index in [1.807, 2.05) is 0 Å². The maximum absolute atomic E-state index is 12.8. The van der Waals surface area contributed by atoms with Crippen LogP contribution >= 0.6 is 11.6 Å². The number of esters is 1. The lowest BCUT2D eigenvalue weighted by Gasteiger charge is -2.06. The van der Waals surface area contributed by atoms with E-state index in [1.165, 1.54) is 30.5 Å². The predicted octanol–water partition coefficient (Wildman–Crippen LogP) is 4.23. The van der Waals surface area contributed by atoms with Gasteiger partial charge in [-0.1, -0.05) is 23.7 Å². The van der Waals surface area contributed by atoms with Gasteiger partial charge in [-0.2, -0.15) is 5.10 Å². The van der Waals surface area contributed by atoms with Gasteiger partial charge >= 0.3 is 5.97 Å². The van der Waals surface area contributed by atoms with E-state index in [1.54, 1.807) is 48.5 Å². The van der Waals surface area contributed by atoms with E-state index in [9.17, 15) is 14.0 Å². The molecule has 6 nitrogen and oxygen atoms in total. The third-order valence-electron chi connectivity index (χ3n) is 3.77. The summed E-state index contributed by atoms with van der Waals surface area (Å²) in [6.07, 6.45) is 1.43. The molecule has 8 heteroatoms. The SMILES string of the molecule is O=C(COc1ccc(F)cc1)N/N=C\c1ccc(OC(=O)c2ccccc2Cl)cc1. The lowest BCUT2D eigenvalue weighted by molar-refractivity contribution is -0.123. The first kappa shape index (κ1) is 21.0. The van der Waals surface area contributed by atoms with Crippen LogP contribution in [0, 0.1) is 5.82 Å². The lowest BCUT2D eigenvalue weighted by Crippen LogP contribution is -2.24. The van der Waals surface area contributed by atoms with Gasteiger partial charge in [-0.15, -0.1) is 0 Å². The molecule has 0 aromatic heterocycles. The van der Waals surface area contributed by atoms with E-state index in [0.717, 1.165) is 0 Å². The zero-order valence-corrected chi connectivity index (χ0v) is 16.3. The van der Waals surface area contributed by atoms with Crippen LogP contribution in [0.5, 0.6) is 11.5 Å². The number of hydrazone groups is 1. The lowest BCUT2D eigenvalue weighted by atomic mass is 10.2. The van der Waals surface area contributed by atoms with Crippen LogP contribution in [0.25, 0.3) is 0 Å². The number of nitrogens with one attached hydrogen (secondary N) is 1. The van der Waals surface area contributed by atoms with Gasteiger partial charge in [0, 0.05) is 0 Å². The molecule has 30 heavy (non-hydrogen) atoms. The molecule has 0 spiro atoms. The zero-order chi connectivity index (χ0) is 21.3. The van der Waals surface area contributed by atoms with E-state index in [4.69, 9.17) is 21.1 Å². The van der Waals surface area contributed by atoms with Crippen LogP contribution in [0.4, 0.5) is 4.39 Å². The zero-order valence-electron chi connectivity index (χ0n) is 15.5. The largest absolute Gasteiger partial charge is 0.484 e. The smallest absolute Gasteiger partial charge is 0.345 e. The number of carbonyl (C=O) groups excluding carboxylic acids is 2. The van der Waals surface area contributed by atoms with E-state index < -0.39 is 11.9 Å². The summed E-state index contributed by atoms with van der Waals surface area (Å²) < 4.78 is 23.3. The minimum atomic E-state index is -0.560. The first-order valence-electron chi connectivity index (χ1n) is 8.78. The summed E-state index contributed by atoms with van der Waals surface area (Å²) in [5.41, 5.74) is 3.27. The number of rotatable bonds is 7. The van der Waals surface area contributed by atoms with E-state index in [2.05, 4.69) is 10.5 Å². The molecule has 0 heterocycles. The molecule has 0 atom stereocenters. The fourth-order valence-electron chi connectivity index (χ4n) is 2.30. The first-order valence-corrected chi connectivity index (χ1v) is 9.16. The van der Waals surface area contributed by atoms with Crippen LogP contribution in [0.3, 0.4) is 0 Å². The number of ether oxygens (including phenoxy) is 2. The fraction of sp³-hybridized carbons (Fsp3) is 0.0455. The number of benzene rings is 3. The number of halogens is 2. The highest BCUT2D eigenvalue weighted by molar-refractivity contribution is 6.33. The molecular formula is C22H16ClFN2O4. The highest BCUT2D eigenvalue weighted by atomic mass is 35.5. The van der Waals surface area contributed by atoms with Crippen molar-refractivity contribution in [2.24, 2.45) is 5.10 Å². The molecule has 0 fully saturated rings. The van der Waals surface area contributed by atoms with E-state index in [0.29, 0.717) is 22.1 Å². The van der Waals surface area contributed by atoms with Gasteiger partial charge in [-0.05, 0) is 66.2 Å². The Kier molecular flexibility index (Phi) is 7.13. The summed E-state index contributed by atoms with van der Waals surface area (Å²) >= 11 is 5.98. The van der Waals surface area contributed by atoms with Crippen LogP contribution in [0.1, 0.15) is 15.9 Å². The van der Waals surface area contributed by atoms with Crippen molar-refractivity contribution in [3.05, 3.63) is 94.8 Å². The van der Waals surface area contributed by atoms with Crippen molar-refractivity contribution in [1.29, 1.82) is 0 Å². The molecule has 1 amide bonds. The molecule has 3 aromatic rings. The maximum atomic E-state index is 12.8. The van der Waals surface area contributed by atoms with E-state index in [-0.39, 0.29) is 18.0 Å². The fourth-order valence-corrected chi connectivity index (χ4v) is 2.51. The molecule has 3 rings (SSSR count). The molecule has 3 aromatic carbocycles. The Balaban J connectivity index is 1.47. The average molecular weight is 427 g/mol. The summed E-state index contributed by atoms with van der Waals surface area (Å²) in [6, 6.07) is 18.4. The van der Waals surface area contributed by atoms with Gasteiger partial charge in [0.05, 0.1) is 16.8 Å². The summed E-state index contributed by atoms with van der Waals surface area (Å²) in [5, 5.41) is 4.14. The summed E-state index contributed by atoms with van der Waals surface area (Å²) in [7, 11) is 0. The molecule has 0 saturated heterocycles. The quantitative estimate of drug-likeness (QED) is 0.265. The minimum absolute atomic E-state index is 0.264.